The Morgan fingerprint density at radius 2 is 2.30 bits per heavy atom. The lowest BCUT2D eigenvalue weighted by molar-refractivity contribution is 0.640. The van der Waals surface area contributed by atoms with Gasteiger partial charge in [0.15, 0.2) is 0 Å². The molecule has 4 nitrogen and oxygen atoms in total. The largest absolute Gasteiger partial charge is 0.385 e. The number of rotatable bonds is 6. The highest BCUT2D eigenvalue weighted by molar-refractivity contribution is 5.59. The van der Waals surface area contributed by atoms with Crippen molar-refractivity contribution < 1.29 is 0 Å². The van der Waals surface area contributed by atoms with Crippen LogP contribution in [-0.2, 0) is 19.4 Å². The molecular weight excluding hydrogens is 248 g/mol. The molecule has 1 aliphatic heterocycles. The van der Waals surface area contributed by atoms with Crippen LogP contribution in [0.5, 0.6) is 0 Å². The first kappa shape index (κ1) is 13.2. The first-order chi connectivity index (χ1) is 9.93. The average Bonchev–Trinajstić information content (AvgIpc) is 3.00. The minimum absolute atomic E-state index is 0.939. The number of anilines is 1. The molecule has 2 heterocycles. The maximum absolute atomic E-state index is 4.24. The van der Waals surface area contributed by atoms with E-state index < -0.39 is 0 Å². The molecule has 0 atom stereocenters. The molecule has 0 unspecified atom stereocenters. The molecule has 0 amide bonds. The second-order valence-electron chi connectivity index (χ2n) is 5.30. The number of H-pyrrole nitrogens is 1. The molecule has 0 bridgehead atoms. The molecule has 2 aromatic rings. The second-order valence-corrected chi connectivity index (χ2v) is 5.30. The molecule has 0 aliphatic carbocycles. The van der Waals surface area contributed by atoms with Gasteiger partial charge in [-0.2, -0.15) is 0 Å². The number of fused-ring (bicyclic) bond motifs is 1. The summed E-state index contributed by atoms with van der Waals surface area (Å²) in [6, 6.07) is 6.63. The number of hydrogen-bond donors (Lipinski definition) is 3. The monoisotopic (exact) mass is 270 g/mol. The van der Waals surface area contributed by atoms with Crippen LogP contribution >= 0.6 is 0 Å². The van der Waals surface area contributed by atoms with Crippen molar-refractivity contribution in [3.05, 3.63) is 47.5 Å². The van der Waals surface area contributed by atoms with Gasteiger partial charge in [0.05, 0.1) is 0 Å². The summed E-state index contributed by atoms with van der Waals surface area (Å²) >= 11 is 0. The van der Waals surface area contributed by atoms with Crippen molar-refractivity contribution in [2.24, 2.45) is 0 Å². The van der Waals surface area contributed by atoms with Crippen molar-refractivity contribution in [1.82, 2.24) is 15.3 Å². The molecule has 3 rings (SSSR count). The zero-order valence-electron chi connectivity index (χ0n) is 11.8. The van der Waals surface area contributed by atoms with Crippen LogP contribution in [0.15, 0.2) is 30.6 Å². The van der Waals surface area contributed by atoms with E-state index in [0.717, 1.165) is 38.3 Å². The highest BCUT2D eigenvalue weighted by Gasteiger charge is 2.11. The lowest BCUT2D eigenvalue weighted by atomic mass is 9.99. The van der Waals surface area contributed by atoms with E-state index in [1.807, 2.05) is 12.4 Å². The molecule has 1 aromatic carbocycles. The predicted molar refractivity (Wildman–Crippen MR) is 81.9 cm³/mol. The predicted octanol–water partition coefficient (Wildman–Crippen LogP) is 2.49. The Labute approximate surface area is 120 Å². The van der Waals surface area contributed by atoms with Gasteiger partial charge in [0.1, 0.15) is 5.82 Å². The molecule has 0 saturated carbocycles. The summed E-state index contributed by atoms with van der Waals surface area (Å²) in [6.07, 6.45) is 8.25. The third kappa shape index (κ3) is 3.20. The van der Waals surface area contributed by atoms with Gasteiger partial charge in [0.2, 0.25) is 0 Å². The van der Waals surface area contributed by atoms with Gasteiger partial charge >= 0.3 is 0 Å². The number of aromatic amines is 1. The molecule has 4 heteroatoms. The molecule has 1 aliphatic rings. The fraction of sp³-hybridized carbons (Fsp3) is 0.438. The molecule has 0 radical (unpaired) electrons. The summed E-state index contributed by atoms with van der Waals surface area (Å²) in [6.45, 7) is 3.06. The Kier molecular flexibility index (Phi) is 4.33. The second kappa shape index (κ2) is 6.57. The number of para-hydroxylation sites is 1. The molecule has 3 N–H and O–H groups in total. The van der Waals surface area contributed by atoms with E-state index in [9.17, 15) is 0 Å². The van der Waals surface area contributed by atoms with Gasteiger partial charge in [-0.05, 0) is 36.9 Å². The van der Waals surface area contributed by atoms with Gasteiger partial charge in [-0.25, -0.2) is 4.98 Å². The zero-order chi connectivity index (χ0) is 13.6. The van der Waals surface area contributed by atoms with E-state index in [-0.39, 0.29) is 0 Å². The Hall–Kier alpha value is -1.81. The maximum atomic E-state index is 4.24. The average molecular weight is 270 g/mol. The topological polar surface area (TPSA) is 52.7 Å². The van der Waals surface area contributed by atoms with Gasteiger partial charge in [0, 0.05) is 37.6 Å². The lowest BCUT2D eigenvalue weighted by Gasteiger charge is -2.21. The lowest BCUT2D eigenvalue weighted by Crippen LogP contribution is -2.19. The molecule has 106 valence electrons. The van der Waals surface area contributed by atoms with Crippen molar-refractivity contribution in [3.8, 4) is 0 Å². The fourth-order valence-electron chi connectivity index (χ4n) is 2.77. The third-order valence-electron chi connectivity index (χ3n) is 3.80. The first-order valence-corrected chi connectivity index (χ1v) is 7.47. The highest BCUT2D eigenvalue weighted by Crippen LogP contribution is 2.25. The van der Waals surface area contributed by atoms with Crippen LogP contribution in [0.4, 0.5) is 5.69 Å². The standard InChI is InChI=1S/C16H22N4/c1-4-13-6-2-9-20-16(13)14(5-1)12-17-8-3-7-15-18-10-11-19-15/h1,4-5,10-11,17,20H,2-3,6-9,12H2,(H,18,19). The van der Waals surface area contributed by atoms with Crippen LogP contribution in [0.1, 0.15) is 29.8 Å². The number of nitrogens with zero attached hydrogens (tertiary/aromatic N) is 1. The van der Waals surface area contributed by atoms with Crippen molar-refractivity contribution in [2.75, 3.05) is 18.4 Å². The van der Waals surface area contributed by atoms with Crippen LogP contribution in [0.25, 0.3) is 0 Å². The number of benzene rings is 1. The fourth-order valence-corrected chi connectivity index (χ4v) is 2.77. The summed E-state index contributed by atoms with van der Waals surface area (Å²) < 4.78 is 0. The third-order valence-corrected chi connectivity index (χ3v) is 3.80. The smallest absolute Gasteiger partial charge is 0.106 e. The number of nitrogens with one attached hydrogen (secondary N) is 3. The number of imidazole rings is 1. The molecule has 0 fully saturated rings. The van der Waals surface area contributed by atoms with Gasteiger partial charge in [-0.1, -0.05) is 18.2 Å². The van der Waals surface area contributed by atoms with E-state index in [2.05, 4.69) is 38.8 Å². The summed E-state index contributed by atoms with van der Waals surface area (Å²) in [4.78, 5) is 7.37. The van der Waals surface area contributed by atoms with Crippen LogP contribution in [0.3, 0.4) is 0 Å². The van der Waals surface area contributed by atoms with Crippen molar-refractivity contribution in [1.29, 1.82) is 0 Å². The minimum atomic E-state index is 0.939. The van der Waals surface area contributed by atoms with Crippen molar-refractivity contribution in [2.45, 2.75) is 32.2 Å². The van der Waals surface area contributed by atoms with Gasteiger partial charge in [0.25, 0.3) is 0 Å². The molecule has 20 heavy (non-hydrogen) atoms. The van der Waals surface area contributed by atoms with Crippen LogP contribution in [0.2, 0.25) is 0 Å². The molecule has 1 aromatic heterocycles. The Morgan fingerprint density at radius 3 is 3.20 bits per heavy atom. The molecular formula is C16H22N4. The van der Waals surface area contributed by atoms with Crippen LogP contribution in [-0.4, -0.2) is 23.1 Å². The van der Waals surface area contributed by atoms with Crippen molar-refractivity contribution in [3.63, 3.8) is 0 Å². The summed E-state index contributed by atoms with van der Waals surface area (Å²) in [5.74, 6) is 1.07. The van der Waals surface area contributed by atoms with Gasteiger partial charge < -0.3 is 15.6 Å². The maximum Gasteiger partial charge on any atom is 0.106 e. The molecule has 0 spiro atoms. The highest BCUT2D eigenvalue weighted by atomic mass is 14.9. The summed E-state index contributed by atoms with van der Waals surface area (Å²) in [7, 11) is 0. The van der Waals surface area contributed by atoms with Gasteiger partial charge in [-0.3, -0.25) is 0 Å². The van der Waals surface area contributed by atoms with Crippen LogP contribution < -0.4 is 10.6 Å². The van der Waals surface area contributed by atoms with E-state index in [1.54, 1.807) is 0 Å². The minimum Gasteiger partial charge on any atom is -0.385 e. The summed E-state index contributed by atoms with van der Waals surface area (Å²) in [5.41, 5.74) is 4.21. The van der Waals surface area contributed by atoms with Crippen molar-refractivity contribution >= 4 is 5.69 Å². The Morgan fingerprint density at radius 1 is 1.30 bits per heavy atom. The normalized spacial score (nSPS) is 13.8. The quantitative estimate of drug-likeness (QED) is 0.707. The number of aromatic nitrogens is 2. The van der Waals surface area contributed by atoms with E-state index >= 15 is 0 Å². The van der Waals surface area contributed by atoms with E-state index in [0.29, 0.717) is 0 Å². The van der Waals surface area contributed by atoms with E-state index in [1.165, 1.54) is 29.7 Å². The number of hydrogen-bond acceptors (Lipinski definition) is 3. The Balaban J connectivity index is 1.46. The Bertz CT molecular complexity index is 533. The zero-order valence-corrected chi connectivity index (χ0v) is 11.8. The summed E-state index contributed by atoms with van der Waals surface area (Å²) in [5, 5.41) is 7.07. The SMILES string of the molecule is c1cc2c(c(CNCCCc3ncc[nH]3)c1)NCCC2. The molecule has 0 saturated heterocycles. The number of aryl methyl sites for hydroxylation is 2. The van der Waals surface area contributed by atoms with Gasteiger partial charge in [-0.15, -0.1) is 0 Å². The van der Waals surface area contributed by atoms with E-state index in [4.69, 9.17) is 0 Å². The first-order valence-electron chi connectivity index (χ1n) is 7.47. The van der Waals surface area contributed by atoms with Crippen LogP contribution in [0, 0.1) is 0 Å².